The van der Waals surface area contributed by atoms with Crippen molar-refractivity contribution in [3.8, 4) is 0 Å². The number of carbonyl (C=O) groups excluding carboxylic acids is 1. The Morgan fingerprint density at radius 1 is 1.44 bits per heavy atom. The molecule has 0 aromatic carbocycles. The lowest BCUT2D eigenvalue weighted by Gasteiger charge is -2.08. The summed E-state index contributed by atoms with van der Waals surface area (Å²) in [6.45, 7) is 2.29. The van der Waals surface area contributed by atoms with Gasteiger partial charge < -0.3 is 10.4 Å². The third kappa shape index (κ3) is 4.23. The summed E-state index contributed by atoms with van der Waals surface area (Å²) < 4.78 is 11.1. The Morgan fingerprint density at radius 3 is 2.56 bits per heavy atom. The lowest BCUT2D eigenvalue weighted by molar-refractivity contribution is 0.0702. The quantitative estimate of drug-likeness (QED) is 0.827. The second kappa shape index (κ2) is 6.65. The van der Waals surface area contributed by atoms with Gasteiger partial charge in [-0.25, -0.2) is 4.79 Å². The zero-order valence-corrected chi connectivity index (χ0v) is 11.8. The predicted molar refractivity (Wildman–Crippen MR) is 71.8 cm³/mol. The minimum absolute atomic E-state index is 0.0308. The van der Waals surface area contributed by atoms with Crippen LogP contribution in [-0.4, -0.2) is 39.2 Å². The average Bonchev–Trinajstić information content (AvgIpc) is 2.77. The Labute approximate surface area is 112 Å². The van der Waals surface area contributed by atoms with Gasteiger partial charge in [-0.05, 0) is 18.6 Å². The molecule has 0 saturated heterocycles. The van der Waals surface area contributed by atoms with Gasteiger partial charge in [-0.3, -0.25) is 9.00 Å². The number of thiophene rings is 1. The van der Waals surface area contributed by atoms with Crippen LogP contribution in [0.3, 0.4) is 0 Å². The Balaban J connectivity index is 2.45. The molecule has 2 N–H and O–H groups in total. The van der Waals surface area contributed by atoms with Crippen molar-refractivity contribution in [3.63, 3.8) is 0 Å². The Morgan fingerprint density at radius 2 is 2.06 bits per heavy atom. The lowest BCUT2D eigenvalue weighted by atomic mass is 10.3. The number of carbonyl (C=O) groups is 2. The molecule has 0 aliphatic heterocycles. The van der Waals surface area contributed by atoms with E-state index in [1.165, 1.54) is 12.1 Å². The molecule has 0 bridgehead atoms. The maximum Gasteiger partial charge on any atom is 0.345 e. The van der Waals surface area contributed by atoms with E-state index in [1.54, 1.807) is 6.26 Å². The summed E-state index contributed by atoms with van der Waals surface area (Å²) in [5, 5.41) is 11.4. The van der Waals surface area contributed by atoms with Gasteiger partial charge >= 0.3 is 5.97 Å². The van der Waals surface area contributed by atoms with E-state index >= 15 is 0 Å². The van der Waals surface area contributed by atoms with Crippen LogP contribution in [0.2, 0.25) is 0 Å². The molecule has 1 amide bonds. The number of hydrogen-bond donors (Lipinski definition) is 2. The standard InChI is InChI=1S/C11H15NO4S2/c1-7(18(2)16)5-6-12-10(13)8-3-4-9(17-8)11(14)15/h3-4,7H,5-6H2,1-2H3,(H,12,13)(H,14,15). The molecule has 5 nitrogen and oxygen atoms in total. The number of hydrogen-bond acceptors (Lipinski definition) is 4. The number of carboxylic acids is 1. The highest BCUT2D eigenvalue weighted by Crippen LogP contribution is 2.16. The smallest absolute Gasteiger partial charge is 0.345 e. The highest BCUT2D eigenvalue weighted by atomic mass is 32.2. The fourth-order valence-corrected chi connectivity index (χ4v) is 2.43. The van der Waals surface area contributed by atoms with Crippen molar-refractivity contribution in [1.29, 1.82) is 0 Å². The highest BCUT2D eigenvalue weighted by molar-refractivity contribution is 7.84. The molecule has 0 aliphatic rings. The molecule has 1 rings (SSSR count). The normalized spacial score (nSPS) is 13.9. The van der Waals surface area contributed by atoms with E-state index in [2.05, 4.69) is 5.32 Å². The van der Waals surface area contributed by atoms with Crippen LogP contribution in [0.4, 0.5) is 0 Å². The molecule has 0 saturated carbocycles. The Bertz CT molecular complexity index is 469. The molecule has 18 heavy (non-hydrogen) atoms. The van der Waals surface area contributed by atoms with Gasteiger partial charge in [0, 0.05) is 28.9 Å². The van der Waals surface area contributed by atoms with Crippen molar-refractivity contribution < 1.29 is 18.9 Å². The van der Waals surface area contributed by atoms with E-state index < -0.39 is 16.8 Å². The van der Waals surface area contributed by atoms with Crippen LogP contribution in [0.1, 0.15) is 32.7 Å². The number of rotatable bonds is 6. The Hall–Kier alpha value is -1.21. The van der Waals surface area contributed by atoms with Crippen LogP contribution in [-0.2, 0) is 10.8 Å². The second-order valence-corrected chi connectivity index (χ2v) is 6.71. The van der Waals surface area contributed by atoms with Gasteiger partial charge in [0.1, 0.15) is 4.88 Å². The molecule has 1 aromatic rings. The van der Waals surface area contributed by atoms with Crippen LogP contribution in [0.15, 0.2) is 12.1 Å². The van der Waals surface area contributed by atoms with Crippen LogP contribution >= 0.6 is 11.3 Å². The van der Waals surface area contributed by atoms with Crippen molar-refractivity contribution in [3.05, 3.63) is 21.9 Å². The van der Waals surface area contributed by atoms with Gasteiger partial charge in [0.15, 0.2) is 0 Å². The molecule has 2 atom stereocenters. The number of amides is 1. The SMILES string of the molecule is CC(CCNC(=O)c1ccc(C(=O)O)s1)S(C)=O. The highest BCUT2D eigenvalue weighted by Gasteiger charge is 2.13. The Kier molecular flexibility index (Phi) is 5.49. The van der Waals surface area contributed by atoms with Crippen LogP contribution in [0.5, 0.6) is 0 Å². The molecule has 2 unspecified atom stereocenters. The first-order chi connectivity index (χ1) is 8.41. The van der Waals surface area contributed by atoms with Crippen molar-refractivity contribution in [2.45, 2.75) is 18.6 Å². The third-order valence-corrected chi connectivity index (χ3v) is 4.88. The van der Waals surface area contributed by atoms with Crippen molar-refractivity contribution >= 4 is 34.0 Å². The van der Waals surface area contributed by atoms with E-state index in [0.29, 0.717) is 17.8 Å². The summed E-state index contributed by atoms with van der Waals surface area (Å²) in [7, 11) is -0.898. The number of aromatic carboxylic acids is 1. The summed E-state index contributed by atoms with van der Waals surface area (Å²) >= 11 is 0.943. The largest absolute Gasteiger partial charge is 0.477 e. The monoisotopic (exact) mass is 289 g/mol. The molecule has 0 radical (unpaired) electrons. The van der Waals surface area contributed by atoms with E-state index in [9.17, 15) is 13.8 Å². The van der Waals surface area contributed by atoms with Crippen LogP contribution in [0, 0.1) is 0 Å². The first kappa shape index (κ1) is 14.8. The summed E-state index contributed by atoms with van der Waals surface area (Å²) in [4.78, 5) is 22.8. The van der Waals surface area contributed by atoms with E-state index in [0.717, 1.165) is 11.3 Å². The molecule has 0 fully saturated rings. The first-order valence-corrected chi connectivity index (χ1v) is 7.79. The average molecular weight is 289 g/mol. The van der Waals surface area contributed by atoms with Gasteiger partial charge in [0.05, 0.1) is 4.88 Å². The molecule has 1 heterocycles. The zero-order chi connectivity index (χ0) is 13.7. The summed E-state index contributed by atoms with van der Waals surface area (Å²) in [5.74, 6) is -1.32. The van der Waals surface area contributed by atoms with Crippen molar-refractivity contribution in [2.75, 3.05) is 12.8 Å². The van der Waals surface area contributed by atoms with Crippen LogP contribution < -0.4 is 5.32 Å². The van der Waals surface area contributed by atoms with Crippen molar-refractivity contribution in [2.24, 2.45) is 0 Å². The van der Waals surface area contributed by atoms with Gasteiger partial charge in [-0.15, -0.1) is 11.3 Å². The summed E-state index contributed by atoms with van der Waals surface area (Å²) in [5.41, 5.74) is 0. The fraction of sp³-hybridized carbons (Fsp3) is 0.455. The van der Waals surface area contributed by atoms with E-state index in [1.807, 2.05) is 6.92 Å². The minimum atomic E-state index is -1.03. The van der Waals surface area contributed by atoms with Gasteiger partial charge in [0.25, 0.3) is 5.91 Å². The molecular formula is C11H15NO4S2. The summed E-state index contributed by atoms with van der Waals surface area (Å²) in [6, 6.07) is 2.90. The molecule has 1 aromatic heterocycles. The molecule has 100 valence electrons. The molecule has 0 aliphatic carbocycles. The fourth-order valence-electron chi connectivity index (χ4n) is 1.22. The van der Waals surface area contributed by atoms with E-state index in [-0.39, 0.29) is 16.0 Å². The topological polar surface area (TPSA) is 83.5 Å². The van der Waals surface area contributed by atoms with Crippen molar-refractivity contribution in [1.82, 2.24) is 5.32 Å². The van der Waals surface area contributed by atoms with Gasteiger partial charge in [-0.1, -0.05) is 6.92 Å². The predicted octanol–water partition coefficient (Wildman–Crippen LogP) is 1.33. The first-order valence-electron chi connectivity index (χ1n) is 5.35. The molecule has 0 spiro atoms. The third-order valence-electron chi connectivity index (χ3n) is 2.44. The van der Waals surface area contributed by atoms with Gasteiger partial charge in [-0.2, -0.15) is 0 Å². The van der Waals surface area contributed by atoms with Crippen LogP contribution in [0.25, 0.3) is 0 Å². The van der Waals surface area contributed by atoms with Gasteiger partial charge in [0.2, 0.25) is 0 Å². The lowest BCUT2D eigenvalue weighted by Crippen LogP contribution is -2.26. The molecular weight excluding hydrogens is 274 g/mol. The molecule has 7 heteroatoms. The minimum Gasteiger partial charge on any atom is -0.477 e. The summed E-state index contributed by atoms with van der Waals surface area (Å²) in [6.07, 6.45) is 2.26. The number of carboxylic acid groups (broad SMARTS) is 1. The maximum absolute atomic E-state index is 11.7. The zero-order valence-electron chi connectivity index (χ0n) is 10.1. The maximum atomic E-state index is 11.7. The van der Waals surface area contributed by atoms with E-state index in [4.69, 9.17) is 5.11 Å². The number of nitrogens with one attached hydrogen (secondary N) is 1. The second-order valence-electron chi connectivity index (χ2n) is 3.82.